The SMILES string of the molecule is Cc1ccc(-c2cc(Cl)ccc2OS(=O)(=O)C(F)(F)F)cc1. The van der Waals surface area contributed by atoms with Gasteiger partial charge in [0.2, 0.25) is 0 Å². The Morgan fingerprint density at radius 3 is 2.18 bits per heavy atom. The fraction of sp³-hybridized carbons (Fsp3) is 0.143. The minimum atomic E-state index is -5.75. The van der Waals surface area contributed by atoms with Crippen molar-refractivity contribution in [2.24, 2.45) is 0 Å². The van der Waals surface area contributed by atoms with Gasteiger partial charge < -0.3 is 4.18 Å². The highest BCUT2D eigenvalue weighted by Crippen LogP contribution is 2.36. The molecule has 0 saturated heterocycles. The summed E-state index contributed by atoms with van der Waals surface area (Å²) >= 11 is 5.83. The molecule has 0 fully saturated rings. The first-order chi connectivity index (χ1) is 10.1. The molecule has 22 heavy (non-hydrogen) atoms. The van der Waals surface area contributed by atoms with Gasteiger partial charge in [-0.25, -0.2) is 0 Å². The third-order valence-corrected chi connectivity index (χ3v) is 3.99. The predicted molar refractivity (Wildman–Crippen MR) is 77.2 cm³/mol. The third kappa shape index (κ3) is 3.53. The Labute approximate surface area is 130 Å². The molecule has 0 aliphatic heterocycles. The quantitative estimate of drug-likeness (QED) is 0.602. The Morgan fingerprint density at radius 2 is 1.64 bits per heavy atom. The maximum absolute atomic E-state index is 12.4. The zero-order valence-corrected chi connectivity index (χ0v) is 12.8. The second kappa shape index (κ2) is 5.81. The molecule has 0 bridgehead atoms. The van der Waals surface area contributed by atoms with Crippen molar-refractivity contribution in [3.8, 4) is 16.9 Å². The number of alkyl halides is 3. The zero-order valence-electron chi connectivity index (χ0n) is 11.2. The molecule has 0 unspecified atom stereocenters. The van der Waals surface area contributed by atoms with E-state index in [9.17, 15) is 21.6 Å². The molecule has 0 aromatic heterocycles. The molecule has 0 aliphatic rings. The number of aryl methyl sites for hydroxylation is 1. The number of rotatable bonds is 3. The molecule has 0 heterocycles. The van der Waals surface area contributed by atoms with E-state index < -0.39 is 21.4 Å². The van der Waals surface area contributed by atoms with Crippen LogP contribution in [0, 0.1) is 6.92 Å². The summed E-state index contributed by atoms with van der Waals surface area (Å²) in [6, 6.07) is 10.4. The summed E-state index contributed by atoms with van der Waals surface area (Å²) in [7, 11) is -5.75. The van der Waals surface area contributed by atoms with E-state index in [1.54, 1.807) is 24.3 Å². The minimum Gasteiger partial charge on any atom is -0.375 e. The van der Waals surface area contributed by atoms with E-state index in [0.29, 0.717) is 5.56 Å². The molecule has 3 nitrogen and oxygen atoms in total. The first-order valence-electron chi connectivity index (χ1n) is 5.97. The van der Waals surface area contributed by atoms with Gasteiger partial charge in [-0.3, -0.25) is 0 Å². The second-order valence-electron chi connectivity index (χ2n) is 4.49. The molecule has 0 saturated carbocycles. The van der Waals surface area contributed by atoms with Crippen molar-refractivity contribution in [1.29, 1.82) is 0 Å². The lowest BCUT2D eigenvalue weighted by Crippen LogP contribution is -2.28. The van der Waals surface area contributed by atoms with Crippen molar-refractivity contribution < 1.29 is 25.8 Å². The second-order valence-corrected chi connectivity index (χ2v) is 6.46. The largest absolute Gasteiger partial charge is 0.534 e. The van der Waals surface area contributed by atoms with Crippen LogP contribution in [0.3, 0.4) is 0 Å². The lowest BCUT2D eigenvalue weighted by molar-refractivity contribution is -0.0499. The van der Waals surface area contributed by atoms with Gasteiger partial charge in [-0.2, -0.15) is 21.6 Å². The molecule has 0 N–H and O–H groups in total. The average Bonchev–Trinajstić information content (AvgIpc) is 2.40. The molecule has 118 valence electrons. The lowest BCUT2D eigenvalue weighted by atomic mass is 10.0. The lowest BCUT2D eigenvalue weighted by Gasteiger charge is -2.13. The van der Waals surface area contributed by atoms with Gasteiger partial charge in [0.05, 0.1) is 0 Å². The first-order valence-corrected chi connectivity index (χ1v) is 7.76. The highest BCUT2D eigenvalue weighted by Gasteiger charge is 2.48. The summed E-state index contributed by atoms with van der Waals surface area (Å²) in [5, 5.41) is 0.243. The van der Waals surface area contributed by atoms with Crippen LogP contribution >= 0.6 is 11.6 Å². The van der Waals surface area contributed by atoms with Crippen molar-refractivity contribution in [1.82, 2.24) is 0 Å². The molecule has 0 amide bonds. The van der Waals surface area contributed by atoms with Crippen LogP contribution < -0.4 is 4.18 Å². The van der Waals surface area contributed by atoms with E-state index in [-0.39, 0.29) is 10.6 Å². The van der Waals surface area contributed by atoms with E-state index in [1.807, 2.05) is 6.92 Å². The van der Waals surface area contributed by atoms with Crippen molar-refractivity contribution in [3.63, 3.8) is 0 Å². The summed E-state index contributed by atoms with van der Waals surface area (Å²) in [4.78, 5) is 0. The molecule has 2 aromatic rings. The van der Waals surface area contributed by atoms with E-state index in [4.69, 9.17) is 11.6 Å². The number of benzene rings is 2. The van der Waals surface area contributed by atoms with E-state index in [0.717, 1.165) is 11.6 Å². The Hall–Kier alpha value is -1.73. The molecule has 0 spiro atoms. The van der Waals surface area contributed by atoms with Crippen LogP contribution in [0.1, 0.15) is 5.56 Å². The monoisotopic (exact) mass is 350 g/mol. The number of hydrogen-bond acceptors (Lipinski definition) is 3. The summed E-state index contributed by atoms with van der Waals surface area (Å²) < 4.78 is 63.9. The van der Waals surface area contributed by atoms with Gasteiger partial charge in [-0.15, -0.1) is 0 Å². The van der Waals surface area contributed by atoms with Gasteiger partial charge >= 0.3 is 15.6 Å². The van der Waals surface area contributed by atoms with Crippen molar-refractivity contribution in [3.05, 3.63) is 53.1 Å². The fourth-order valence-electron chi connectivity index (χ4n) is 1.70. The summed E-state index contributed by atoms with van der Waals surface area (Å²) in [5.74, 6) is -0.439. The van der Waals surface area contributed by atoms with Gasteiger partial charge in [0.25, 0.3) is 0 Å². The summed E-state index contributed by atoms with van der Waals surface area (Å²) in [6.07, 6.45) is 0. The predicted octanol–water partition coefficient (Wildman–Crippen LogP) is 4.54. The minimum absolute atomic E-state index is 0.153. The Balaban J connectivity index is 2.52. The Bertz CT molecular complexity index is 784. The molecule has 0 atom stereocenters. The van der Waals surface area contributed by atoms with Gasteiger partial charge in [0.1, 0.15) is 0 Å². The molecule has 2 rings (SSSR count). The Morgan fingerprint density at radius 1 is 1.05 bits per heavy atom. The van der Waals surface area contributed by atoms with Crippen LogP contribution in [-0.4, -0.2) is 13.9 Å². The molecular weight excluding hydrogens is 341 g/mol. The smallest absolute Gasteiger partial charge is 0.375 e. The van der Waals surface area contributed by atoms with Crippen LogP contribution in [0.15, 0.2) is 42.5 Å². The average molecular weight is 351 g/mol. The molecular formula is C14H10ClF3O3S. The van der Waals surface area contributed by atoms with Gasteiger partial charge in [-0.05, 0) is 30.7 Å². The van der Waals surface area contributed by atoms with Crippen LogP contribution in [-0.2, 0) is 10.1 Å². The summed E-state index contributed by atoms with van der Waals surface area (Å²) in [6.45, 7) is 1.84. The van der Waals surface area contributed by atoms with Crippen LogP contribution in [0.5, 0.6) is 5.75 Å². The summed E-state index contributed by atoms with van der Waals surface area (Å²) in [5.41, 5.74) is -3.92. The topological polar surface area (TPSA) is 43.4 Å². The number of halogens is 4. The normalized spacial score (nSPS) is 12.2. The van der Waals surface area contributed by atoms with Crippen LogP contribution in [0.25, 0.3) is 11.1 Å². The standard InChI is InChI=1S/C14H10ClF3O3S/c1-9-2-4-10(5-3-9)12-8-11(15)6-7-13(12)21-22(19,20)14(16,17)18/h2-8H,1H3. The van der Waals surface area contributed by atoms with E-state index >= 15 is 0 Å². The van der Waals surface area contributed by atoms with Crippen LogP contribution in [0.4, 0.5) is 13.2 Å². The zero-order chi connectivity index (χ0) is 16.5. The fourth-order valence-corrected chi connectivity index (χ4v) is 2.35. The van der Waals surface area contributed by atoms with Crippen molar-refractivity contribution in [2.75, 3.05) is 0 Å². The molecule has 2 aromatic carbocycles. The van der Waals surface area contributed by atoms with Crippen LogP contribution in [0.2, 0.25) is 5.02 Å². The maximum atomic E-state index is 12.4. The van der Waals surface area contributed by atoms with Crippen molar-refractivity contribution >= 4 is 21.7 Å². The highest BCUT2D eigenvalue weighted by molar-refractivity contribution is 7.88. The van der Waals surface area contributed by atoms with E-state index in [1.165, 1.54) is 12.1 Å². The number of hydrogen-bond donors (Lipinski definition) is 0. The van der Waals surface area contributed by atoms with E-state index in [2.05, 4.69) is 4.18 Å². The van der Waals surface area contributed by atoms with Gasteiger partial charge in [0, 0.05) is 10.6 Å². The molecule has 0 aliphatic carbocycles. The molecule has 0 radical (unpaired) electrons. The first kappa shape index (κ1) is 16.6. The van der Waals surface area contributed by atoms with Gasteiger partial charge in [0.15, 0.2) is 5.75 Å². The van der Waals surface area contributed by atoms with Gasteiger partial charge in [-0.1, -0.05) is 41.4 Å². The third-order valence-electron chi connectivity index (χ3n) is 2.79. The van der Waals surface area contributed by atoms with Crippen molar-refractivity contribution in [2.45, 2.75) is 12.4 Å². The highest BCUT2D eigenvalue weighted by atomic mass is 35.5. The Kier molecular flexibility index (Phi) is 4.39. The maximum Gasteiger partial charge on any atom is 0.534 e. The molecule has 8 heteroatoms.